The lowest BCUT2D eigenvalue weighted by Crippen LogP contribution is -2.62. The van der Waals surface area contributed by atoms with Crippen LogP contribution >= 0.6 is 0 Å². The second-order valence-corrected chi connectivity index (χ2v) is 12.7. The van der Waals surface area contributed by atoms with Gasteiger partial charge in [-0.1, -0.05) is 43.5 Å². The van der Waals surface area contributed by atoms with Gasteiger partial charge in [0.1, 0.15) is 11.5 Å². The van der Waals surface area contributed by atoms with Crippen molar-refractivity contribution in [2.45, 2.75) is 69.0 Å². The van der Waals surface area contributed by atoms with E-state index in [1.807, 2.05) is 0 Å². The number of piperidine rings is 1. The smallest absolute Gasteiger partial charge is 0.318 e. The molecule has 2 aliphatic heterocycles. The van der Waals surface area contributed by atoms with E-state index < -0.39 is 32.6 Å². The highest BCUT2D eigenvalue weighted by Crippen LogP contribution is 2.43. The molecule has 3 aliphatic rings. The van der Waals surface area contributed by atoms with Crippen LogP contribution in [0.4, 0.5) is 28.9 Å². The number of hydroxylamine groups is 2. The Morgan fingerprint density at radius 2 is 1.65 bits per heavy atom. The Kier molecular flexibility index (Phi) is 7.90. The molecule has 13 heteroatoms. The number of benzene rings is 2. The molecule has 1 atom stereocenters. The number of hydrogen-bond donors (Lipinski definition) is 1. The summed E-state index contributed by atoms with van der Waals surface area (Å²) in [5.74, 6) is -2.95. The zero-order chi connectivity index (χ0) is 28.5. The zero-order valence-electron chi connectivity index (χ0n) is 21.7. The fourth-order valence-electron chi connectivity index (χ4n) is 5.65. The minimum absolute atomic E-state index is 0.0308. The van der Waals surface area contributed by atoms with E-state index in [1.54, 1.807) is 18.2 Å². The highest BCUT2D eigenvalue weighted by atomic mass is 32.2. The van der Waals surface area contributed by atoms with Crippen molar-refractivity contribution in [3.63, 3.8) is 0 Å². The first-order valence-corrected chi connectivity index (χ1v) is 14.9. The van der Waals surface area contributed by atoms with Crippen LogP contribution in [-0.2, 0) is 26.2 Å². The molecule has 40 heavy (non-hydrogen) atoms. The average Bonchev–Trinajstić information content (AvgIpc) is 3.22. The molecular weight excluding hydrogens is 552 g/mol. The SMILES string of the molecule is O=C(O[N+]1(Cc2ccc(F)cc2)C(NC2CCN(S(=O)(=O)C3CCCCC3)CC2)=Nc2ccccc21)C(F)(F)F. The van der Waals surface area contributed by atoms with Gasteiger partial charge in [0.05, 0.1) is 5.25 Å². The van der Waals surface area contributed by atoms with Crippen LogP contribution in [0.25, 0.3) is 0 Å². The first kappa shape index (κ1) is 28.5. The summed E-state index contributed by atoms with van der Waals surface area (Å²) >= 11 is 0. The van der Waals surface area contributed by atoms with Crippen molar-refractivity contribution in [2.75, 3.05) is 13.1 Å². The summed E-state index contributed by atoms with van der Waals surface area (Å²) < 4.78 is 80.9. The van der Waals surface area contributed by atoms with Crippen LogP contribution in [0.2, 0.25) is 0 Å². The minimum atomic E-state index is -5.27. The third-order valence-electron chi connectivity index (χ3n) is 7.75. The maximum Gasteiger partial charge on any atom is 0.497 e. The number of guanidine groups is 1. The molecule has 0 amide bonds. The van der Waals surface area contributed by atoms with Crippen molar-refractivity contribution in [3.8, 4) is 0 Å². The monoisotopic (exact) mass is 583 g/mol. The Hall–Kier alpha value is -3.03. The van der Waals surface area contributed by atoms with Gasteiger partial charge in [0.15, 0.2) is 6.54 Å². The van der Waals surface area contributed by atoms with Crippen LogP contribution in [0.15, 0.2) is 53.5 Å². The maximum atomic E-state index is 13.6. The Morgan fingerprint density at radius 1 is 1.00 bits per heavy atom. The lowest BCUT2D eigenvalue weighted by atomic mass is 10.0. The largest absolute Gasteiger partial charge is 0.497 e. The molecular formula is C27H31F4N4O4S+. The van der Waals surface area contributed by atoms with Crippen LogP contribution in [0.1, 0.15) is 50.5 Å². The Bertz CT molecular complexity index is 1370. The maximum absolute atomic E-state index is 13.6. The summed E-state index contributed by atoms with van der Waals surface area (Å²) in [6.07, 6.45) is -0.335. The van der Waals surface area contributed by atoms with Gasteiger partial charge in [0, 0.05) is 30.8 Å². The second kappa shape index (κ2) is 11.1. The fourth-order valence-corrected chi connectivity index (χ4v) is 7.72. The van der Waals surface area contributed by atoms with Crippen molar-refractivity contribution in [2.24, 2.45) is 4.99 Å². The number of aliphatic imine (C=N–C) groups is 1. The molecule has 5 rings (SSSR count). The topological polar surface area (TPSA) is 88.1 Å². The van der Waals surface area contributed by atoms with Crippen molar-refractivity contribution in [1.82, 2.24) is 14.3 Å². The van der Waals surface area contributed by atoms with E-state index in [4.69, 9.17) is 4.84 Å². The van der Waals surface area contributed by atoms with Crippen molar-refractivity contribution < 1.29 is 35.6 Å². The standard InChI is InChI=1S/C27H31F4N4O4S/c28-20-12-10-19(11-13-20)18-35(39-25(36)27(29,30)31)24-9-5-4-8-23(24)33-26(35)32-21-14-16-34(17-15-21)40(37,38)22-6-2-1-3-7-22/h4-5,8-13,21-22H,1-3,6-7,14-18H2,(H,32,33)/q+1. The summed E-state index contributed by atoms with van der Waals surface area (Å²) in [5.41, 5.74) is 0.944. The Labute approximate surface area is 230 Å². The molecule has 8 nitrogen and oxygen atoms in total. The normalized spacial score (nSPS) is 22.9. The summed E-state index contributed by atoms with van der Waals surface area (Å²) in [7, 11) is -3.43. The predicted octanol–water partition coefficient (Wildman–Crippen LogP) is 5.07. The number of quaternary nitrogens is 1. The predicted molar refractivity (Wildman–Crippen MR) is 141 cm³/mol. The number of carbonyl (C=O) groups excluding carboxylic acids is 1. The first-order chi connectivity index (χ1) is 19.0. The summed E-state index contributed by atoms with van der Waals surface area (Å²) in [5, 5.41) is 2.80. The lowest BCUT2D eigenvalue weighted by molar-refractivity contribution is -0.224. The van der Waals surface area contributed by atoms with E-state index in [0.29, 0.717) is 36.9 Å². The molecule has 1 saturated carbocycles. The van der Waals surface area contributed by atoms with Gasteiger partial charge >= 0.3 is 18.1 Å². The van der Waals surface area contributed by atoms with E-state index in [0.717, 1.165) is 19.3 Å². The van der Waals surface area contributed by atoms with Crippen LogP contribution < -0.4 is 9.96 Å². The zero-order valence-corrected chi connectivity index (χ0v) is 22.6. The number of sulfonamides is 1. The molecule has 1 aliphatic carbocycles. The van der Waals surface area contributed by atoms with E-state index in [1.165, 1.54) is 34.6 Å². The number of halogens is 4. The molecule has 2 heterocycles. The molecule has 0 bridgehead atoms. The van der Waals surface area contributed by atoms with Crippen LogP contribution in [0.5, 0.6) is 0 Å². The number of nitrogens with one attached hydrogen (secondary N) is 1. The van der Waals surface area contributed by atoms with Crippen LogP contribution in [-0.4, -0.2) is 55.2 Å². The third kappa shape index (κ3) is 5.72. The van der Waals surface area contributed by atoms with Gasteiger partial charge in [-0.2, -0.15) is 18.2 Å². The molecule has 0 aromatic heterocycles. The number of fused-ring (bicyclic) bond motifs is 1. The molecule has 216 valence electrons. The molecule has 2 fully saturated rings. The molecule has 0 radical (unpaired) electrons. The number of alkyl halides is 3. The van der Waals surface area contributed by atoms with Gasteiger partial charge in [0.2, 0.25) is 15.7 Å². The number of rotatable bonds is 6. The molecule has 1 unspecified atom stereocenters. The van der Waals surface area contributed by atoms with Gasteiger partial charge < -0.3 is 5.32 Å². The average molecular weight is 584 g/mol. The summed E-state index contributed by atoms with van der Waals surface area (Å²) in [4.78, 5) is 22.0. The van der Waals surface area contributed by atoms with Crippen molar-refractivity contribution in [1.29, 1.82) is 0 Å². The van der Waals surface area contributed by atoms with Crippen molar-refractivity contribution >= 4 is 33.3 Å². The van der Waals surface area contributed by atoms with Gasteiger partial charge in [-0.25, -0.2) is 21.9 Å². The highest BCUT2D eigenvalue weighted by molar-refractivity contribution is 7.89. The number of carbonyl (C=O) groups is 1. The minimum Gasteiger partial charge on any atom is -0.318 e. The van der Waals surface area contributed by atoms with Crippen LogP contribution in [0.3, 0.4) is 0 Å². The van der Waals surface area contributed by atoms with Gasteiger partial charge in [-0.15, -0.1) is 0 Å². The molecule has 2 aromatic carbocycles. The molecule has 0 spiro atoms. The Morgan fingerprint density at radius 3 is 2.30 bits per heavy atom. The van der Waals surface area contributed by atoms with Gasteiger partial charge in [-0.3, -0.25) is 4.84 Å². The van der Waals surface area contributed by atoms with Crippen molar-refractivity contribution in [3.05, 3.63) is 59.9 Å². The molecule has 1 saturated heterocycles. The summed E-state index contributed by atoms with van der Waals surface area (Å²) in [6, 6.07) is 11.2. The third-order valence-corrected chi connectivity index (χ3v) is 10.1. The fraction of sp³-hybridized carbons (Fsp3) is 0.481. The number of para-hydroxylation sites is 2. The lowest BCUT2D eigenvalue weighted by Gasteiger charge is -2.37. The molecule has 1 N–H and O–H groups in total. The summed E-state index contributed by atoms with van der Waals surface area (Å²) in [6.45, 7) is 0.244. The second-order valence-electron chi connectivity index (χ2n) is 10.4. The first-order valence-electron chi connectivity index (χ1n) is 13.4. The molecule has 2 aromatic rings. The highest BCUT2D eigenvalue weighted by Gasteiger charge is 2.55. The van der Waals surface area contributed by atoms with E-state index >= 15 is 0 Å². The Balaban J connectivity index is 1.41. The van der Waals surface area contributed by atoms with Gasteiger partial charge in [-0.05, 0) is 48.5 Å². The van der Waals surface area contributed by atoms with Crippen LogP contribution in [0, 0.1) is 5.82 Å². The van der Waals surface area contributed by atoms with E-state index in [-0.39, 0.29) is 42.6 Å². The van der Waals surface area contributed by atoms with E-state index in [9.17, 15) is 30.8 Å². The van der Waals surface area contributed by atoms with E-state index in [2.05, 4.69) is 10.3 Å². The number of nitrogens with zero attached hydrogens (tertiary/aromatic N) is 3. The quantitative estimate of drug-likeness (QED) is 0.379. The van der Waals surface area contributed by atoms with Gasteiger partial charge in [0.25, 0.3) is 0 Å². The number of hydrogen-bond acceptors (Lipinski definition) is 6.